The lowest BCUT2D eigenvalue weighted by atomic mass is 10.0. The van der Waals surface area contributed by atoms with Crippen molar-refractivity contribution < 1.29 is 4.79 Å². The highest BCUT2D eigenvalue weighted by molar-refractivity contribution is 6.37. The summed E-state index contributed by atoms with van der Waals surface area (Å²) in [6.07, 6.45) is 3.07. The van der Waals surface area contributed by atoms with Crippen LogP contribution in [0.25, 0.3) is 0 Å². The highest BCUT2D eigenvalue weighted by Gasteiger charge is 2.21. The summed E-state index contributed by atoms with van der Waals surface area (Å²) in [5, 5.41) is -0.358. The van der Waals surface area contributed by atoms with E-state index in [1.807, 2.05) is 6.07 Å². The van der Waals surface area contributed by atoms with Crippen molar-refractivity contribution in [3.8, 4) is 0 Å². The van der Waals surface area contributed by atoms with Gasteiger partial charge in [-0.15, -0.1) is 11.6 Å². The van der Waals surface area contributed by atoms with E-state index in [0.717, 1.165) is 0 Å². The fraction of sp³-hybridized carbons (Fsp3) is 0.0769. The van der Waals surface area contributed by atoms with Gasteiger partial charge in [0, 0.05) is 28.5 Å². The highest BCUT2D eigenvalue weighted by Crippen LogP contribution is 2.29. The SMILES string of the molecule is O=C(c1ccccc1)C(Cl)c1cnccc1Cl. The Morgan fingerprint density at radius 2 is 1.88 bits per heavy atom. The second-order valence-electron chi connectivity index (χ2n) is 3.49. The number of aromatic nitrogens is 1. The number of pyridine rings is 1. The number of carbonyl (C=O) groups is 1. The van der Waals surface area contributed by atoms with Gasteiger partial charge in [-0.2, -0.15) is 0 Å². The van der Waals surface area contributed by atoms with Crippen LogP contribution in [-0.2, 0) is 0 Å². The number of hydrogen-bond donors (Lipinski definition) is 0. The number of rotatable bonds is 3. The second-order valence-corrected chi connectivity index (χ2v) is 4.33. The van der Waals surface area contributed by atoms with Gasteiger partial charge in [0.2, 0.25) is 0 Å². The molecule has 0 radical (unpaired) electrons. The minimum absolute atomic E-state index is 0.179. The fourth-order valence-corrected chi connectivity index (χ4v) is 2.04. The third-order valence-electron chi connectivity index (χ3n) is 2.36. The van der Waals surface area contributed by atoms with Gasteiger partial charge >= 0.3 is 0 Å². The van der Waals surface area contributed by atoms with Gasteiger partial charge in [0.25, 0.3) is 0 Å². The van der Waals surface area contributed by atoms with E-state index in [0.29, 0.717) is 16.1 Å². The van der Waals surface area contributed by atoms with E-state index < -0.39 is 5.38 Å². The van der Waals surface area contributed by atoms with Crippen LogP contribution in [-0.4, -0.2) is 10.8 Å². The summed E-state index contributed by atoms with van der Waals surface area (Å²) in [5.74, 6) is -0.179. The van der Waals surface area contributed by atoms with Crippen LogP contribution >= 0.6 is 23.2 Å². The number of benzene rings is 1. The standard InChI is InChI=1S/C13H9Cl2NO/c14-11-6-7-16-8-10(11)12(15)13(17)9-4-2-1-3-5-9/h1-8,12H. The first-order valence-corrected chi connectivity index (χ1v) is 5.84. The normalized spacial score (nSPS) is 12.1. The third-order valence-corrected chi connectivity index (χ3v) is 3.14. The molecule has 1 unspecified atom stereocenters. The van der Waals surface area contributed by atoms with Gasteiger partial charge < -0.3 is 0 Å². The van der Waals surface area contributed by atoms with Crippen molar-refractivity contribution in [3.05, 3.63) is 64.9 Å². The molecule has 0 spiro atoms. The van der Waals surface area contributed by atoms with Gasteiger partial charge in [0.15, 0.2) is 5.78 Å². The largest absolute Gasteiger partial charge is 0.292 e. The van der Waals surface area contributed by atoms with Gasteiger partial charge in [0.05, 0.1) is 0 Å². The lowest BCUT2D eigenvalue weighted by Gasteiger charge is -2.09. The number of hydrogen-bond acceptors (Lipinski definition) is 2. The molecule has 0 saturated heterocycles. The minimum Gasteiger partial charge on any atom is -0.292 e. The summed E-state index contributed by atoms with van der Waals surface area (Å²) in [4.78, 5) is 16.0. The third kappa shape index (κ3) is 2.65. The van der Waals surface area contributed by atoms with Crippen LogP contribution in [0.5, 0.6) is 0 Å². The Hall–Kier alpha value is -1.38. The van der Waals surface area contributed by atoms with Crippen LogP contribution in [0.15, 0.2) is 48.8 Å². The Kier molecular flexibility index (Phi) is 3.77. The summed E-state index contributed by atoms with van der Waals surface area (Å²) in [7, 11) is 0. The number of Topliss-reactive ketones (excluding diaryl/α,β-unsaturated/α-hetero) is 1. The fourth-order valence-electron chi connectivity index (χ4n) is 1.47. The first-order valence-electron chi connectivity index (χ1n) is 5.03. The molecule has 0 aliphatic carbocycles. The molecule has 17 heavy (non-hydrogen) atoms. The number of carbonyl (C=O) groups excluding carboxylic acids is 1. The van der Waals surface area contributed by atoms with Crippen LogP contribution in [0.2, 0.25) is 5.02 Å². The zero-order chi connectivity index (χ0) is 12.3. The quantitative estimate of drug-likeness (QED) is 0.623. The van der Waals surface area contributed by atoms with Gasteiger partial charge in [0.1, 0.15) is 5.38 Å². The molecule has 2 rings (SSSR count). The van der Waals surface area contributed by atoms with Crippen molar-refractivity contribution in [3.63, 3.8) is 0 Å². The Morgan fingerprint density at radius 1 is 1.18 bits per heavy atom. The zero-order valence-electron chi connectivity index (χ0n) is 8.81. The Bertz CT molecular complexity index is 528. The summed E-state index contributed by atoms with van der Waals surface area (Å²) < 4.78 is 0. The van der Waals surface area contributed by atoms with E-state index in [1.54, 1.807) is 36.5 Å². The lowest BCUT2D eigenvalue weighted by Crippen LogP contribution is -2.08. The highest BCUT2D eigenvalue weighted by atomic mass is 35.5. The molecule has 86 valence electrons. The van der Waals surface area contributed by atoms with Gasteiger partial charge in [-0.05, 0) is 6.07 Å². The monoisotopic (exact) mass is 265 g/mol. The van der Waals surface area contributed by atoms with Gasteiger partial charge in [-0.1, -0.05) is 41.9 Å². The Balaban J connectivity index is 2.30. The maximum Gasteiger partial charge on any atom is 0.185 e. The molecule has 2 aromatic rings. The van der Waals surface area contributed by atoms with Crippen molar-refractivity contribution in [1.82, 2.24) is 4.98 Å². The molecule has 4 heteroatoms. The average Bonchev–Trinajstić information content (AvgIpc) is 2.39. The van der Waals surface area contributed by atoms with E-state index in [2.05, 4.69) is 4.98 Å². The number of ketones is 1. The number of nitrogens with zero attached hydrogens (tertiary/aromatic N) is 1. The maximum atomic E-state index is 12.1. The van der Waals surface area contributed by atoms with Crippen LogP contribution in [0.4, 0.5) is 0 Å². The van der Waals surface area contributed by atoms with Crippen LogP contribution < -0.4 is 0 Å². The van der Waals surface area contributed by atoms with Crippen molar-refractivity contribution in [2.45, 2.75) is 5.38 Å². The van der Waals surface area contributed by atoms with Crippen molar-refractivity contribution in [2.24, 2.45) is 0 Å². The topological polar surface area (TPSA) is 30.0 Å². The van der Waals surface area contributed by atoms with Gasteiger partial charge in [-0.3, -0.25) is 9.78 Å². The molecule has 0 aliphatic rings. The summed E-state index contributed by atoms with van der Waals surface area (Å²) >= 11 is 12.1. The molecule has 0 aliphatic heterocycles. The number of halogens is 2. The maximum absolute atomic E-state index is 12.1. The average molecular weight is 266 g/mol. The molecule has 1 aromatic carbocycles. The second kappa shape index (κ2) is 5.30. The van der Waals surface area contributed by atoms with Crippen molar-refractivity contribution in [1.29, 1.82) is 0 Å². The van der Waals surface area contributed by atoms with E-state index in [4.69, 9.17) is 23.2 Å². The van der Waals surface area contributed by atoms with E-state index in [9.17, 15) is 4.79 Å². The zero-order valence-corrected chi connectivity index (χ0v) is 10.3. The minimum atomic E-state index is -0.807. The molecule has 1 atom stereocenters. The van der Waals surface area contributed by atoms with Gasteiger partial charge in [-0.25, -0.2) is 0 Å². The molecule has 0 fully saturated rings. The van der Waals surface area contributed by atoms with E-state index in [1.165, 1.54) is 6.20 Å². The molecule has 0 N–H and O–H groups in total. The van der Waals surface area contributed by atoms with Crippen LogP contribution in [0, 0.1) is 0 Å². The molecule has 2 nitrogen and oxygen atoms in total. The first-order chi connectivity index (χ1) is 8.20. The predicted octanol–water partition coefficient (Wildman–Crippen LogP) is 3.90. The summed E-state index contributed by atoms with van der Waals surface area (Å²) in [5.41, 5.74) is 1.09. The molecule has 1 heterocycles. The van der Waals surface area contributed by atoms with Crippen molar-refractivity contribution >= 4 is 29.0 Å². The summed E-state index contributed by atoms with van der Waals surface area (Å²) in [6, 6.07) is 10.5. The lowest BCUT2D eigenvalue weighted by molar-refractivity contribution is 0.0987. The van der Waals surface area contributed by atoms with Crippen LogP contribution in [0.3, 0.4) is 0 Å². The predicted molar refractivity (Wildman–Crippen MR) is 68.6 cm³/mol. The smallest absolute Gasteiger partial charge is 0.185 e. The molecular formula is C13H9Cl2NO. The van der Waals surface area contributed by atoms with E-state index in [-0.39, 0.29) is 5.78 Å². The molecule has 1 aromatic heterocycles. The Morgan fingerprint density at radius 3 is 2.53 bits per heavy atom. The molecular weight excluding hydrogens is 257 g/mol. The number of alkyl halides is 1. The first kappa shape index (κ1) is 12.1. The van der Waals surface area contributed by atoms with Crippen LogP contribution in [0.1, 0.15) is 21.3 Å². The molecule has 0 amide bonds. The summed E-state index contributed by atoms with van der Waals surface area (Å²) in [6.45, 7) is 0. The molecule has 0 saturated carbocycles. The molecule has 0 bridgehead atoms. The van der Waals surface area contributed by atoms with Crippen molar-refractivity contribution in [2.75, 3.05) is 0 Å². The Labute approximate surface area is 109 Å². The van der Waals surface area contributed by atoms with E-state index >= 15 is 0 Å².